The number of nitriles is 1. The predicted octanol–water partition coefficient (Wildman–Crippen LogP) is 2.12. The van der Waals surface area contributed by atoms with Crippen LogP contribution >= 0.6 is 0 Å². The number of benzene rings is 1. The molecule has 5 nitrogen and oxygen atoms in total. The van der Waals surface area contributed by atoms with Crippen molar-refractivity contribution in [1.29, 1.82) is 5.26 Å². The zero-order valence-corrected chi connectivity index (χ0v) is 9.86. The Balaban J connectivity index is 2.65. The molecule has 1 rings (SSSR count). The third-order valence-corrected chi connectivity index (χ3v) is 2.22. The van der Waals surface area contributed by atoms with Crippen molar-refractivity contribution in [3.63, 3.8) is 0 Å². The molecule has 0 radical (unpaired) electrons. The van der Waals surface area contributed by atoms with Crippen LogP contribution in [0.4, 0.5) is 10.5 Å². The monoisotopic (exact) mass is 233 g/mol. The summed E-state index contributed by atoms with van der Waals surface area (Å²) in [6.45, 7) is 1.83. The SMILES string of the molecule is CCC(C#N)NC(=O)Nc1ccccc1OC. The summed E-state index contributed by atoms with van der Waals surface area (Å²) < 4.78 is 5.10. The van der Waals surface area contributed by atoms with E-state index in [2.05, 4.69) is 10.6 Å². The van der Waals surface area contributed by atoms with Crippen molar-refractivity contribution >= 4 is 11.7 Å². The van der Waals surface area contributed by atoms with Crippen molar-refractivity contribution in [3.8, 4) is 11.8 Å². The van der Waals surface area contributed by atoms with Gasteiger partial charge in [0.05, 0.1) is 18.9 Å². The van der Waals surface area contributed by atoms with E-state index in [1.54, 1.807) is 18.2 Å². The first kappa shape index (κ1) is 12.8. The van der Waals surface area contributed by atoms with Crippen LogP contribution in [0.25, 0.3) is 0 Å². The van der Waals surface area contributed by atoms with E-state index in [0.717, 1.165) is 0 Å². The quantitative estimate of drug-likeness (QED) is 0.836. The summed E-state index contributed by atoms with van der Waals surface area (Å²) in [4.78, 5) is 11.6. The lowest BCUT2D eigenvalue weighted by atomic mass is 10.2. The molecule has 0 fully saturated rings. The largest absolute Gasteiger partial charge is 0.495 e. The van der Waals surface area contributed by atoms with E-state index in [1.807, 2.05) is 19.1 Å². The smallest absolute Gasteiger partial charge is 0.320 e. The number of amides is 2. The Labute approximate surface area is 100 Å². The number of hydrogen-bond acceptors (Lipinski definition) is 3. The fourth-order valence-corrected chi connectivity index (χ4v) is 1.29. The molecule has 0 aromatic heterocycles. The van der Waals surface area contributed by atoms with Crippen LogP contribution in [0.15, 0.2) is 24.3 Å². The van der Waals surface area contributed by atoms with Crippen molar-refractivity contribution in [2.75, 3.05) is 12.4 Å². The van der Waals surface area contributed by atoms with Crippen molar-refractivity contribution in [3.05, 3.63) is 24.3 Å². The van der Waals surface area contributed by atoms with Gasteiger partial charge in [0.2, 0.25) is 0 Å². The van der Waals surface area contributed by atoms with Crippen LogP contribution < -0.4 is 15.4 Å². The molecule has 1 atom stereocenters. The van der Waals surface area contributed by atoms with Crippen LogP contribution in [0.3, 0.4) is 0 Å². The van der Waals surface area contributed by atoms with Gasteiger partial charge in [-0.05, 0) is 18.6 Å². The molecule has 2 N–H and O–H groups in total. The molecule has 2 amide bonds. The third kappa shape index (κ3) is 3.68. The maximum absolute atomic E-state index is 11.6. The molecule has 1 aromatic carbocycles. The number of nitrogens with zero attached hydrogens (tertiary/aromatic N) is 1. The Bertz CT molecular complexity index is 426. The standard InChI is InChI=1S/C12H15N3O2/c1-3-9(8-13)14-12(16)15-10-6-4-5-7-11(10)17-2/h4-7,9H,3H2,1-2H3,(H2,14,15,16). The summed E-state index contributed by atoms with van der Waals surface area (Å²) in [6.07, 6.45) is 0.565. The number of anilines is 1. The maximum atomic E-state index is 11.6. The Morgan fingerprint density at radius 2 is 2.24 bits per heavy atom. The average Bonchev–Trinajstić information content (AvgIpc) is 2.36. The average molecular weight is 233 g/mol. The van der Waals surface area contributed by atoms with E-state index < -0.39 is 12.1 Å². The third-order valence-electron chi connectivity index (χ3n) is 2.22. The lowest BCUT2D eigenvalue weighted by molar-refractivity contribution is 0.250. The van der Waals surface area contributed by atoms with E-state index in [4.69, 9.17) is 10.00 Å². The van der Waals surface area contributed by atoms with Crippen LogP contribution in [0.1, 0.15) is 13.3 Å². The number of carbonyl (C=O) groups excluding carboxylic acids is 1. The second kappa shape index (κ2) is 6.38. The molecular weight excluding hydrogens is 218 g/mol. The number of methoxy groups -OCH3 is 1. The number of para-hydroxylation sites is 2. The Hall–Kier alpha value is -2.22. The molecule has 0 saturated heterocycles. The van der Waals surface area contributed by atoms with Crippen LogP contribution in [0, 0.1) is 11.3 Å². The highest BCUT2D eigenvalue weighted by atomic mass is 16.5. The number of nitrogens with one attached hydrogen (secondary N) is 2. The van der Waals surface area contributed by atoms with Gasteiger partial charge in [-0.1, -0.05) is 19.1 Å². The molecule has 5 heteroatoms. The minimum atomic E-state index is -0.482. The fraction of sp³-hybridized carbons (Fsp3) is 0.333. The zero-order chi connectivity index (χ0) is 12.7. The number of ether oxygens (including phenoxy) is 1. The van der Waals surface area contributed by atoms with E-state index >= 15 is 0 Å². The summed E-state index contributed by atoms with van der Waals surface area (Å²) in [7, 11) is 1.53. The molecule has 0 aliphatic heterocycles. The number of urea groups is 1. The summed E-state index contributed by atoms with van der Waals surface area (Å²) in [5.41, 5.74) is 0.570. The highest BCUT2D eigenvalue weighted by Crippen LogP contribution is 2.22. The van der Waals surface area contributed by atoms with Gasteiger partial charge in [-0.3, -0.25) is 0 Å². The number of rotatable bonds is 4. The molecule has 17 heavy (non-hydrogen) atoms. The molecular formula is C12H15N3O2. The number of carbonyl (C=O) groups is 1. The maximum Gasteiger partial charge on any atom is 0.320 e. The van der Waals surface area contributed by atoms with Crippen molar-refractivity contribution in [2.45, 2.75) is 19.4 Å². The van der Waals surface area contributed by atoms with Crippen LogP contribution in [0.5, 0.6) is 5.75 Å². The minimum absolute atomic E-state index is 0.414. The van der Waals surface area contributed by atoms with Gasteiger partial charge >= 0.3 is 6.03 Å². The van der Waals surface area contributed by atoms with Crippen LogP contribution in [-0.4, -0.2) is 19.2 Å². The summed E-state index contributed by atoms with van der Waals surface area (Å²) >= 11 is 0. The predicted molar refractivity (Wildman–Crippen MR) is 64.8 cm³/mol. The molecule has 0 heterocycles. The van der Waals surface area contributed by atoms with Crippen molar-refractivity contribution in [1.82, 2.24) is 5.32 Å². The minimum Gasteiger partial charge on any atom is -0.495 e. The summed E-state index contributed by atoms with van der Waals surface area (Å²) in [5.74, 6) is 0.577. The van der Waals surface area contributed by atoms with Gasteiger partial charge in [0.1, 0.15) is 11.8 Å². The first-order valence-electron chi connectivity index (χ1n) is 5.31. The second-order valence-electron chi connectivity index (χ2n) is 3.39. The first-order chi connectivity index (χ1) is 8.21. The highest BCUT2D eigenvalue weighted by molar-refractivity contribution is 5.91. The normalized spacial score (nSPS) is 11.1. The number of hydrogen-bond donors (Lipinski definition) is 2. The molecule has 0 bridgehead atoms. The molecule has 0 aliphatic carbocycles. The van der Waals surface area contributed by atoms with Gasteiger partial charge in [-0.25, -0.2) is 4.79 Å². The molecule has 90 valence electrons. The first-order valence-corrected chi connectivity index (χ1v) is 5.31. The topological polar surface area (TPSA) is 74.2 Å². The highest BCUT2D eigenvalue weighted by Gasteiger charge is 2.10. The molecule has 0 spiro atoms. The molecule has 1 aromatic rings. The summed E-state index contributed by atoms with van der Waals surface area (Å²) in [5, 5.41) is 13.9. The van der Waals surface area contributed by atoms with Crippen LogP contribution in [-0.2, 0) is 0 Å². The molecule has 0 saturated carbocycles. The lowest BCUT2D eigenvalue weighted by Crippen LogP contribution is -2.36. The lowest BCUT2D eigenvalue weighted by Gasteiger charge is -2.12. The van der Waals surface area contributed by atoms with Crippen molar-refractivity contribution < 1.29 is 9.53 Å². The Morgan fingerprint density at radius 3 is 2.82 bits per heavy atom. The van der Waals surface area contributed by atoms with Gasteiger partial charge in [-0.15, -0.1) is 0 Å². The van der Waals surface area contributed by atoms with E-state index in [9.17, 15) is 4.79 Å². The van der Waals surface area contributed by atoms with Gasteiger partial charge in [0.25, 0.3) is 0 Å². The zero-order valence-electron chi connectivity index (χ0n) is 9.86. The van der Waals surface area contributed by atoms with Gasteiger partial charge in [-0.2, -0.15) is 5.26 Å². The van der Waals surface area contributed by atoms with E-state index in [1.165, 1.54) is 7.11 Å². The molecule has 1 unspecified atom stereocenters. The van der Waals surface area contributed by atoms with Crippen molar-refractivity contribution in [2.24, 2.45) is 0 Å². The Morgan fingerprint density at radius 1 is 1.53 bits per heavy atom. The van der Waals surface area contributed by atoms with Gasteiger partial charge in [0, 0.05) is 0 Å². The van der Waals surface area contributed by atoms with Gasteiger partial charge < -0.3 is 15.4 Å². The fourth-order valence-electron chi connectivity index (χ4n) is 1.29. The van der Waals surface area contributed by atoms with E-state index in [-0.39, 0.29) is 0 Å². The second-order valence-corrected chi connectivity index (χ2v) is 3.39. The van der Waals surface area contributed by atoms with E-state index in [0.29, 0.717) is 17.9 Å². The summed E-state index contributed by atoms with van der Waals surface area (Å²) in [6, 6.07) is 8.18. The Kier molecular flexibility index (Phi) is 4.82. The van der Waals surface area contributed by atoms with Crippen LogP contribution in [0.2, 0.25) is 0 Å². The van der Waals surface area contributed by atoms with Gasteiger partial charge in [0.15, 0.2) is 0 Å². The molecule has 0 aliphatic rings.